The number of hydrogen-bond donors (Lipinski definition) is 1. The summed E-state index contributed by atoms with van der Waals surface area (Å²) in [5.41, 5.74) is 0. The molecule has 0 radical (unpaired) electrons. The molecule has 0 aromatic carbocycles. The first kappa shape index (κ1) is 45.3. The van der Waals surface area contributed by atoms with Crippen molar-refractivity contribution in [2.75, 3.05) is 0 Å². The Bertz CT molecular complexity index is 1230. The number of fused-ring (bicyclic) bond motifs is 3. The third kappa shape index (κ3) is 10.1. The predicted octanol–water partition coefficient (Wildman–Crippen LogP) is 14.8. The Labute approximate surface area is 390 Å². The topological polar surface area (TPSA) is 21.8 Å². The van der Waals surface area contributed by atoms with E-state index in [9.17, 15) is 0 Å². The van der Waals surface area contributed by atoms with Crippen LogP contribution >= 0.6 is 0 Å². The van der Waals surface area contributed by atoms with Gasteiger partial charge in [-0.1, -0.05) is 116 Å². The van der Waals surface area contributed by atoms with Crippen LogP contribution in [0.1, 0.15) is 270 Å². The molecule has 0 aromatic rings. The fraction of sp³-hybridized carbons (Fsp3) is 1.00. The molecule has 9 saturated carbocycles. The molecule has 11 fully saturated rings. The third-order valence-electron chi connectivity index (χ3n) is 22.6. The molecule has 11 rings (SSSR count). The van der Waals surface area contributed by atoms with E-state index in [2.05, 4.69) is 20.0 Å². The van der Waals surface area contributed by atoms with E-state index in [1.54, 1.807) is 38.5 Å². The lowest BCUT2D eigenvalue weighted by Crippen LogP contribution is -2.55. The molecule has 4 heteroatoms. The van der Waals surface area contributed by atoms with Crippen molar-refractivity contribution in [3.8, 4) is 0 Å². The Morgan fingerprint density at radius 2 is 0.619 bits per heavy atom. The molecule has 0 aromatic heterocycles. The second-order valence-corrected chi connectivity index (χ2v) is 25.9. The number of nitrogens with zero attached hydrogens (tertiary/aromatic N) is 3. The average Bonchev–Trinajstić information content (AvgIpc) is 3.69. The largest absolute Gasteiger partial charge is 0.311 e. The van der Waals surface area contributed by atoms with Gasteiger partial charge in [-0.3, -0.25) is 14.7 Å². The molecule has 9 aliphatic carbocycles. The van der Waals surface area contributed by atoms with Gasteiger partial charge >= 0.3 is 0 Å². The second kappa shape index (κ2) is 21.6. The fourth-order valence-electron chi connectivity index (χ4n) is 19.8. The third-order valence-corrected chi connectivity index (χ3v) is 22.6. The van der Waals surface area contributed by atoms with Gasteiger partial charge in [-0.15, -0.1) is 0 Å². The lowest BCUT2D eigenvalue weighted by molar-refractivity contribution is -0.00956. The van der Waals surface area contributed by atoms with Crippen molar-refractivity contribution in [2.24, 2.45) is 35.5 Å². The monoisotopic (exact) mass is 867 g/mol. The predicted molar refractivity (Wildman–Crippen MR) is 265 cm³/mol. The minimum absolute atomic E-state index is 0.836. The van der Waals surface area contributed by atoms with E-state index in [0.717, 1.165) is 102 Å². The van der Waals surface area contributed by atoms with E-state index in [-0.39, 0.29) is 0 Å². The van der Waals surface area contributed by atoms with Crippen molar-refractivity contribution in [1.82, 2.24) is 20.0 Å². The molecule has 11 aliphatic rings. The minimum Gasteiger partial charge on any atom is -0.311 e. The summed E-state index contributed by atoms with van der Waals surface area (Å²) in [6, 6.07) is 9.77. The summed E-state index contributed by atoms with van der Waals surface area (Å²) in [6.45, 7) is 0. The highest BCUT2D eigenvalue weighted by atomic mass is 15.3. The number of piperidine rings is 1. The van der Waals surface area contributed by atoms with Gasteiger partial charge in [0.2, 0.25) is 0 Å². The fourth-order valence-corrected chi connectivity index (χ4v) is 19.8. The maximum atomic E-state index is 4.47. The van der Waals surface area contributed by atoms with Crippen LogP contribution in [0.3, 0.4) is 0 Å². The van der Waals surface area contributed by atoms with E-state index in [1.807, 2.05) is 0 Å². The van der Waals surface area contributed by atoms with Crippen LogP contribution in [0.4, 0.5) is 0 Å². The molecule has 4 nitrogen and oxygen atoms in total. The minimum atomic E-state index is 0.836. The smallest absolute Gasteiger partial charge is 0.0134 e. The lowest BCUT2D eigenvalue weighted by Gasteiger charge is -2.51. The molecule has 1 N–H and O–H groups in total. The Hall–Kier alpha value is -0.160. The van der Waals surface area contributed by atoms with Crippen LogP contribution in [0.2, 0.25) is 0 Å². The number of rotatable bonds is 10. The maximum absolute atomic E-state index is 4.47. The zero-order chi connectivity index (χ0) is 42.0. The maximum Gasteiger partial charge on any atom is 0.0134 e. The molecular formula is C59H102N4. The first-order valence-electron chi connectivity index (χ1n) is 30.3. The van der Waals surface area contributed by atoms with E-state index in [1.165, 1.54) is 231 Å². The van der Waals surface area contributed by atoms with Gasteiger partial charge in [0.05, 0.1) is 0 Å². The van der Waals surface area contributed by atoms with Gasteiger partial charge in [0.1, 0.15) is 0 Å². The van der Waals surface area contributed by atoms with Crippen LogP contribution in [0, 0.1) is 35.5 Å². The summed E-state index contributed by atoms with van der Waals surface area (Å²) < 4.78 is 0. The quantitative estimate of drug-likeness (QED) is 0.236. The van der Waals surface area contributed by atoms with Gasteiger partial charge in [0, 0.05) is 66.5 Å². The van der Waals surface area contributed by atoms with Crippen LogP contribution in [-0.4, -0.2) is 81.2 Å². The highest BCUT2D eigenvalue weighted by Gasteiger charge is 2.57. The average molecular weight is 867 g/mol. The second-order valence-electron chi connectivity index (χ2n) is 25.9. The number of likely N-dealkylation sites (tertiary alicyclic amines) is 1. The van der Waals surface area contributed by atoms with Crippen LogP contribution in [-0.2, 0) is 0 Å². The molecule has 8 unspecified atom stereocenters. The Balaban J connectivity index is 0.827. The molecule has 63 heavy (non-hydrogen) atoms. The van der Waals surface area contributed by atoms with E-state index in [0.29, 0.717) is 0 Å². The Morgan fingerprint density at radius 3 is 0.984 bits per heavy atom. The Kier molecular flexibility index (Phi) is 15.6. The van der Waals surface area contributed by atoms with Crippen LogP contribution in [0.5, 0.6) is 0 Å². The summed E-state index contributed by atoms with van der Waals surface area (Å²) in [7, 11) is 0. The normalized spacial score (nSPS) is 42.1. The van der Waals surface area contributed by atoms with Gasteiger partial charge in [0.15, 0.2) is 0 Å². The van der Waals surface area contributed by atoms with Gasteiger partial charge in [-0.05, 0) is 190 Å². The first-order valence-corrected chi connectivity index (χ1v) is 30.3. The van der Waals surface area contributed by atoms with E-state index >= 15 is 0 Å². The zero-order valence-electron chi connectivity index (χ0n) is 41.4. The number of hydrogen-bond acceptors (Lipinski definition) is 4. The van der Waals surface area contributed by atoms with Crippen molar-refractivity contribution in [3.05, 3.63) is 0 Å². The molecule has 2 aliphatic heterocycles. The summed E-state index contributed by atoms with van der Waals surface area (Å²) in [5, 5.41) is 4.47. The van der Waals surface area contributed by atoms with Crippen LogP contribution < -0.4 is 5.32 Å². The summed E-state index contributed by atoms with van der Waals surface area (Å²) in [5.74, 6) is 5.92. The molecule has 0 amide bonds. The van der Waals surface area contributed by atoms with Crippen molar-refractivity contribution < 1.29 is 0 Å². The van der Waals surface area contributed by atoms with Crippen molar-refractivity contribution in [3.63, 3.8) is 0 Å². The SMILES string of the molecule is C1CCC(C2CC(C3CCC(N4C5CCC(N(C6CCCCC6)C6CCCCC6)CC5C5CC(N(C6CCCCC6)C6CCCCC6)CCC54)CC3)CC(C3CCCCC3)N2)CC1. The van der Waals surface area contributed by atoms with Gasteiger partial charge in [-0.25, -0.2) is 0 Å². The highest BCUT2D eigenvalue weighted by Crippen LogP contribution is 2.55. The molecule has 358 valence electrons. The van der Waals surface area contributed by atoms with Gasteiger partial charge in [-0.2, -0.15) is 0 Å². The summed E-state index contributed by atoms with van der Waals surface area (Å²) in [4.78, 5) is 10.1. The van der Waals surface area contributed by atoms with Crippen molar-refractivity contribution >= 4 is 0 Å². The van der Waals surface area contributed by atoms with E-state index < -0.39 is 0 Å². The number of nitrogens with one attached hydrogen (secondary N) is 1. The molecule has 0 spiro atoms. The molecule has 2 saturated heterocycles. The highest BCUT2D eigenvalue weighted by molar-refractivity contribution is 5.11. The Morgan fingerprint density at radius 1 is 0.270 bits per heavy atom. The van der Waals surface area contributed by atoms with Crippen molar-refractivity contribution in [1.29, 1.82) is 0 Å². The molecule has 2 heterocycles. The molecule has 8 atom stereocenters. The van der Waals surface area contributed by atoms with Crippen LogP contribution in [0.15, 0.2) is 0 Å². The molecule has 0 bridgehead atoms. The van der Waals surface area contributed by atoms with Crippen molar-refractivity contribution in [2.45, 2.75) is 336 Å². The summed E-state index contributed by atoms with van der Waals surface area (Å²) >= 11 is 0. The van der Waals surface area contributed by atoms with Crippen LogP contribution in [0.25, 0.3) is 0 Å². The first-order chi connectivity index (χ1) is 31.2. The van der Waals surface area contributed by atoms with Gasteiger partial charge in [0.25, 0.3) is 0 Å². The lowest BCUT2D eigenvalue weighted by atomic mass is 9.66. The van der Waals surface area contributed by atoms with Gasteiger partial charge < -0.3 is 5.32 Å². The standard InChI is InChI=1S/C59H102N4/c1-7-19-44(20-8-1)56-39-46(40-57(60-56)45-21-9-2-10-22-45)43-31-33-51(34-32-43)63-58-37-35-52(61(47-23-11-3-12-24-47)48-25-13-4-14-26-48)41-54(58)55-42-53(36-38-59(55)63)62(49-27-15-5-16-28-49)50-29-17-6-18-30-50/h43-60H,1-42H2. The summed E-state index contributed by atoms with van der Waals surface area (Å²) in [6.07, 6.45) is 63.9. The molecular weight excluding hydrogens is 765 g/mol. The van der Waals surface area contributed by atoms with E-state index in [4.69, 9.17) is 0 Å². The zero-order valence-corrected chi connectivity index (χ0v) is 41.4.